The molecule has 2 rings (SSSR count). The summed E-state index contributed by atoms with van der Waals surface area (Å²) < 4.78 is 0. The number of aliphatic hydroxyl groups excluding tert-OH is 1. The standard InChI is InChI=1S/C9H8O3.H2/c10-6-7-2-1-3-9-8(7)4-5-11-12-9;/h1-5,10H,6H2;1H. The molecule has 3 nitrogen and oxygen atoms in total. The van der Waals surface area contributed by atoms with E-state index in [4.69, 9.17) is 9.99 Å². The summed E-state index contributed by atoms with van der Waals surface area (Å²) in [6.07, 6.45) is 3.21. The molecule has 0 atom stereocenters. The SMILES string of the molecule is OCc1cccc2c1C=COO2.[HH]. The second-order valence-corrected chi connectivity index (χ2v) is 2.47. The van der Waals surface area contributed by atoms with E-state index in [9.17, 15) is 0 Å². The van der Waals surface area contributed by atoms with Gasteiger partial charge in [0.1, 0.15) is 6.26 Å². The Balaban J connectivity index is 0.000000845. The van der Waals surface area contributed by atoms with Gasteiger partial charge in [0, 0.05) is 6.99 Å². The summed E-state index contributed by atoms with van der Waals surface area (Å²) in [6, 6.07) is 5.45. The Morgan fingerprint density at radius 3 is 3.17 bits per heavy atom. The van der Waals surface area contributed by atoms with E-state index in [1.54, 1.807) is 12.1 Å². The number of benzene rings is 1. The summed E-state index contributed by atoms with van der Waals surface area (Å²) in [5, 5.41) is 8.96. The number of rotatable bonds is 1. The van der Waals surface area contributed by atoms with Crippen molar-refractivity contribution in [3.8, 4) is 5.75 Å². The molecular formula is C9H10O3. The average molecular weight is 166 g/mol. The van der Waals surface area contributed by atoms with Crippen LogP contribution in [-0.2, 0) is 11.5 Å². The van der Waals surface area contributed by atoms with Crippen LogP contribution in [-0.4, -0.2) is 5.11 Å². The van der Waals surface area contributed by atoms with Crippen LogP contribution in [0.5, 0.6) is 5.75 Å². The van der Waals surface area contributed by atoms with E-state index in [0.717, 1.165) is 11.1 Å². The van der Waals surface area contributed by atoms with Crippen LogP contribution in [0.15, 0.2) is 24.5 Å². The van der Waals surface area contributed by atoms with Crippen LogP contribution < -0.4 is 4.89 Å². The molecule has 0 aliphatic carbocycles. The second-order valence-electron chi connectivity index (χ2n) is 2.47. The van der Waals surface area contributed by atoms with Crippen LogP contribution >= 0.6 is 0 Å². The van der Waals surface area contributed by atoms with Crippen LogP contribution in [0.1, 0.15) is 12.6 Å². The molecule has 0 aromatic heterocycles. The van der Waals surface area contributed by atoms with Gasteiger partial charge in [-0.2, -0.15) is 0 Å². The fraction of sp³-hybridized carbons (Fsp3) is 0.111. The van der Waals surface area contributed by atoms with Gasteiger partial charge in [-0.25, -0.2) is 0 Å². The highest BCUT2D eigenvalue weighted by atomic mass is 17.2. The zero-order valence-corrected chi connectivity index (χ0v) is 6.36. The Hall–Kier alpha value is -1.48. The van der Waals surface area contributed by atoms with Crippen molar-refractivity contribution in [1.29, 1.82) is 0 Å². The third-order valence-corrected chi connectivity index (χ3v) is 1.75. The first-order valence-electron chi connectivity index (χ1n) is 3.64. The number of hydrogen-bond donors (Lipinski definition) is 1. The fourth-order valence-electron chi connectivity index (χ4n) is 1.16. The first-order valence-corrected chi connectivity index (χ1v) is 3.64. The van der Waals surface area contributed by atoms with Gasteiger partial charge in [-0.1, -0.05) is 12.1 Å². The molecule has 0 spiro atoms. The Kier molecular flexibility index (Phi) is 1.72. The maximum absolute atomic E-state index is 8.96. The van der Waals surface area contributed by atoms with E-state index >= 15 is 0 Å². The molecule has 1 aliphatic rings. The molecule has 1 aromatic carbocycles. The normalized spacial score (nSPS) is 13.1. The van der Waals surface area contributed by atoms with E-state index in [2.05, 4.69) is 4.89 Å². The maximum atomic E-state index is 8.96. The zero-order valence-electron chi connectivity index (χ0n) is 6.36. The molecule has 1 aliphatic heterocycles. The molecule has 0 unspecified atom stereocenters. The van der Waals surface area contributed by atoms with Crippen molar-refractivity contribution in [2.45, 2.75) is 6.61 Å². The predicted molar refractivity (Wildman–Crippen MR) is 45.2 cm³/mol. The zero-order chi connectivity index (χ0) is 8.39. The highest BCUT2D eigenvalue weighted by molar-refractivity contribution is 5.61. The third kappa shape index (κ3) is 1.04. The number of aliphatic hydroxyl groups is 1. The predicted octanol–water partition coefficient (Wildman–Crippen LogP) is 1.72. The van der Waals surface area contributed by atoms with Gasteiger partial charge in [0.05, 0.1) is 6.61 Å². The molecule has 12 heavy (non-hydrogen) atoms. The van der Waals surface area contributed by atoms with Gasteiger partial charge in [0.15, 0.2) is 5.75 Å². The van der Waals surface area contributed by atoms with Crippen molar-refractivity contribution in [3.63, 3.8) is 0 Å². The van der Waals surface area contributed by atoms with Gasteiger partial charge in [-0.05, 0) is 17.7 Å². The van der Waals surface area contributed by atoms with E-state index < -0.39 is 0 Å². The van der Waals surface area contributed by atoms with Gasteiger partial charge in [0.2, 0.25) is 0 Å². The molecule has 0 radical (unpaired) electrons. The summed E-state index contributed by atoms with van der Waals surface area (Å²) in [4.78, 5) is 9.50. The highest BCUT2D eigenvalue weighted by Crippen LogP contribution is 2.27. The summed E-state index contributed by atoms with van der Waals surface area (Å²) in [7, 11) is 0. The molecule has 1 aromatic rings. The molecule has 0 saturated heterocycles. The van der Waals surface area contributed by atoms with E-state index in [0.29, 0.717) is 5.75 Å². The first kappa shape index (κ1) is 7.18. The van der Waals surface area contributed by atoms with Gasteiger partial charge in [-0.15, -0.1) is 0 Å². The minimum Gasteiger partial charge on any atom is -0.392 e. The van der Waals surface area contributed by atoms with Crippen molar-refractivity contribution >= 4 is 6.08 Å². The van der Waals surface area contributed by atoms with Crippen LogP contribution in [0.3, 0.4) is 0 Å². The largest absolute Gasteiger partial charge is 0.392 e. The Bertz CT molecular complexity index is 323. The van der Waals surface area contributed by atoms with Crippen LogP contribution in [0.2, 0.25) is 0 Å². The van der Waals surface area contributed by atoms with Crippen molar-refractivity contribution in [2.24, 2.45) is 0 Å². The molecule has 0 amide bonds. The monoisotopic (exact) mass is 166 g/mol. The average Bonchev–Trinajstić information content (AvgIpc) is 2.17. The molecule has 1 heterocycles. The van der Waals surface area contributed by atoms with Gasteiger partial charge in [-0.3, -0.25) is 9.78 Å². The van der Waals surface area contributed by atoms with Crippen molar-refractivity contribution < 1.29 is 16.3 Å². The Morgan fingerprint density at radius 2 is 2.33 bits per heavy atom. The second kappa shape index (κ2) is 2.87. The van der Waals surface area contributed by atoms with Crippen molar-refractivity contribution in [2.75, 3.05) is 0 Å². The van der Waals surface area contributed by atoms with E-state index in [1.165, 1.54) is 6.26 Å². The van der Waals surface area contributed by atoms with Crippen molar-refractivity contribution in [1.82, 2.24) is 0 Å². The van der Waals surface area contributed by atoms with Crippen LogP contribution in [0.4, 0.5) is 0 Å². The lowest BCUT2D eigenvalue weighted by Gasteiger charge is -2.12. The minimum absolute atomic E-state index is 0. The topological polar surface area (TPSA) is 38.7 Å². The van der Waals surface area contributed by atoms with E-state index in [1.807, 2.05) is 12.1 Å². The molecule has 64 valence electrons. The van der Waals surface area contributed by atoms with Gasteiger partial charge in [0.25, 0.3) is 0 Å². The minimum atomic E-state index is 0. The lowest BCUT2D eigenvalue weighted by atomic mass is 10.1. The quantitative estimate of drug-likeness (QED) is 0.645. The van der Waals surface area contributed by atoms with Crippen LogP contribution in [0, 0.1) is 0 Å². The third-order valence-electron chi connectivity index (χ3n) is 1.75. The maximum Gasteiger partial charge on any atom is 0.186 e. The van der Waals surface area contributed by atoms with Crippen LogP contribution in [0.25, 0.3) is 6.08 Å². The van der Waals surface area contributed by atoms with Gasteiger partial charge < -0.3 is 5.11 Å². The lowest BCUT2D eigenvalue weighted by Crippen LogP contribution is -2.00. The smallest absolute Gasteiger partial charge is 0.186 e. The Labute approximate surface area is 71.3 Å². The molecule has 0 fully saturated rings. The van der Waals surface area contributed by atoms with Gasteiger partial charge >= 0.3 is 0 Å². The molecule has 1 N–H and O–H groups in total. The molecule has 0 saturated carbocycles. The molecule has 0 bridgehead atoms. The lowest BCUT2D eigenvalue weighted by molar-refractivity contribution is -0.151. The molecule has 3 heteroatoms. The molecular weight excluding hydrogens is 156 g/mol. The van der Waals surface area contributed by atoms with E-state index in [-0.39, 0.29) is 8.03 Å². The highest BCUT2D eigenvalue weighted by Gasteiger charge is 2.10. The number of hydrogen-bond acceptors (Lipinski definition) is 3. The summed E-state index contributed by atoms with van der Waals surface area (Å²) in [6.45, 7) is 0.0108. The number of fused-ring (bicyclic) bond motifs is 1. The Morgan fingerprint density at radius 1 is 1.42 bits per heavy atom. The first-order chi connectivity index (χ1) is 5.92. The van der Waals surface area contributed by atoms with Crippen molar-refractivity contribution in [3.05, 3.63) is 35.6 Å². The summed E-state index contributed by atoms with van der Waals surface area (Å²) in [5.74, 6) is 0.643. The summed E-state index contributed by atoms with van der Waals surface area (Å²) >= 11 is 0. The fourth-order valence-corrected chi connectivity index (χ4v) is 1.16. The summed E-state index contributed by atoms with van der Waals surface area (Å²) in [5.41, 5.74) is 1.72.